The number of hydrogen-bond acceptors (Lipinski definition) is 3. The van der Waals surface area contributed by atoms with Gasteiger partial charge in [-0.15, -0.1) is 0 Å². The van der Waals surface area contributed by atoms with Crippen molar-refractivity contribution in [3.8, 4) is 0 Å². The van der Waals surface area contributed by atoms with Crippen LogP contribution in [-0.4, -0.2) is 16.6 Å². The van der Waals surface area contributed by atoms with Crippen molar-refractivity contribution in [3.63, 3.8) is 0 Å². The molecule has 2 aromatic carbocycles. The first kappa shape index (κ1) is 23.8. The van der Waals surface area contributed by atoms with E-state index in [1.54, 1.807) is 0 Å². The molecule has 0 aromatic heterocycles. The summed E-state index contributed by atoms with van der Waals surface area (Å²) < 4.78 is 2.14. The Bertz CT molecular complexity index is 727. The maximum atomic E-state index is 6.61. The van der Waals surface area contributed by atoms with Gasteiger partial charge in [0.1, 0.15) is 0 Å². The van der Waals surface area contributed by atoms with E-state index in [2.05, 4.69) is 69.3 Å². The first-order valence-corrected chi connectivity index (χ1v) is 17.4. The van der Waals surface area contributed by atoms with Gasteiger partial charge in [0.25, 0.3) is 0 Å². The monoisotopic (exact) mass is 595 g/mol. The second-order valence-corrected chi connectivity index (χ2v) is 16.5. The van der Waals surface area contributed by atoms with Crippen LogP contribution in [0.25, 0.3) is 0 Å². The van der Waals surface area contributed by atoms with Crippen LogP contribution in [0, 0.1) is 41.5 Å². The molecule has 0 heterocycles. The molecule has 6 heteroatoms. The summed E-state index contributed by atoms with van der Waals surface area (Å²) in [6.07, 6.45) is 0. The fourth-order valence-corrected chi connectivity index (χ4v) is 7.87. The van der Waals surface area contributed by atoms with Gasteiger partial charge in [-0.3, -0.25) is 0 Å². The second-order valence-electron chi connectivity index (χ2n) is 7.85. The standard InChI is InChI=1S/C22H32N3.2ClH.Re/c1-13-7-15(3)21(16(4)8-13)19(23)11-25-12-20(24)22-17(5)9-14(2)10-18(22)6;;;/h7-10,19-20H,11-12,23-24H2,1-6H3;2*1H;/q-1;;;+3/p-2. The predicted octanol–water partition coefficient (Wildman–Crippen LogP) is 5.38. The van der Waals surface area contributed by atoms with E-state index in [9.17, 15) is 0 Å². The molecule has 0 saturated heterocycles. The Hall–Kier alpha value is -0.438. The summed E-state index contributed by atoms with van der Waals surface area (Å²) in [7, 11) is 13.0. The third kappa shape index (κ3) is 5.80. The number of nitrogens with two attached hydrogens (primary N) is 2. The summed E-state index contributed by atoms with van der Waals surface area (Å²) in [5, 5.41) is 0. The van der Waals surface area contributed by atoms with E-state index in [4.69, 9.17) is 30.5 Å². The van der Waals surface area contributed by atoms with Crippen LogP contribution >= 0.6 is 19.1 Å². The van der Waals surface area contributed by atoms with Crippen molar-refractivity contribution < 1.29 is 15.0 Å². The van der Waals surface area contributed by atoms with Crippen LogP contribution in [0.15, 0.2) is 24.3 Å². The van der Waals surface area contributed by atoms with E-state index in [1.165, 1.54) is 44.5 Å². The van der Waals surface area contributed by atoms with E-state index in [0.29, 0.717) is 13.1 Å². The normalized spacial score (nSPS) is 14.3. The quantitative estimate of drug-likeness (QED) is 0.452. The van der Waals surface area contributed by atoms with Gasteiger partial charge in [0.05, 0.1) is 0 Å². The summed E-state index contributed by atoms with van der Waals surface area (Å²) in [5.41, 5.74) is 22.9. The molecule has 0 aliphatic heterocycles. The van der Waals surface area contributed by atoms with Crippen molar-refractivity contribution in [2.24, 2.45) is 11.5 Å². The van der Waals surface area contributed by atoms with E-state index < -0.39 is 15.0 Å². The Morgan fingerprint density at radius 2 is 1.00 bits per heavy atom. The van der Waals surface area contributed by atoms with Gasteiger partial charge in [0.15, 0.2) is 0 Å². The SMILES string of the molecule is Cc1cc(C)c(C(N)C[N](CC(N)c2c(C)cc(C)cc2C)[Re]([Cl])[Cl])c(C)c1. The number of benzene rings is 2. The van der Waals surface area contributed by atoms with Gasteiger partial charge in [0.2, 0.25) is 0 Å². The minimum atomic E-state index is -2.59. The molecule has 28 heavy (non-hydrogen) atoms. The van der Waals surface area contributed by atoms with E-state index in [0.717, 1.165) is 0 Å². The van der Waals surface area contributed by atoms with Crippen molar-refractivity contribution in [1.82, 2.24) is 3.53 Å². The zero-order chi connectivity index (χ0) is 21.2. The Morgan fingerprint density at radius 3 is 1.25 bits per heavy atom. The number of aryl methyl sites for hydroxylation is 6. The minimum absolute atomic E-state index is 0.141. The Kier molecular flexibility index (Phi) is 8.55. The molecule has 0 fully saturated rings. The van der Waals surface area contributed by atoms with Gasteiger partial charge < -0.3 is 0 Å². The summed E-state index contributed by atoms with van der Waals surface area (Å²) >= 11 is -2.59. The average Bonchev–Trinajstić information content (AvgIpc) is 2.51. The first-order valence-electron chi connectivity index (χ1n) is 9.46. The molecule has 2 unspecified atom stereocenters. The van der Waals surface area contributed by atoms with Crippen LogP contribution in [-0.2, 0) is 15.0 Å². The topological polar surface area (TPSA) is 55.3 Å². The van der Waals surface area contributed by atoms with E-state index in [-0.39, 0.29) is 12.1 Å². The summed E-state index contributed by atoms with van der Waals surface area (Å²) in [6.45, 7) is 13.9. The molecular formula is C22H32Cl2N3Re. The summed E-state index contributed by atoms with van der Waals surface area (Å²) in [6, 6.07) is 8.43. The molecule has 3 nitrogen and oxygen atoms in total. The molecule has 2 atom stereocenters. The van der Waals surface area contributed by atoms with Crippen LogP contribution in [0.1, 0.15) is 56.6 Å². The number of halogens is 2. The third-order valence-electron chi connectivity index (χ3n) is 5.19. The van der Waals surface area contributed by atoms with Crippen LogP contribution in [0.4, 0.5) is 0 Å². The van der Waals surface area contributed by atoms with Crippen molar-refractivity contribution in [2.45, 2.75) is 53.6 Å². The number of nitrogens with zero attached hydrogens (tertiary/aromatic N) is 1. The summed E-state index contributed by atoms with van der Waals surface area (Å²) in [5.74, 6) is 0. The molecule has 2 rings (SSSR count). The second kappa shape index (κ2) is 10.0. The Morgan fingerprint density at radius 1 is 0.714 bits per heavy atom. The van der Waals surface area contributed by atoms with Gasteiger partial charge in [-0.2, -0.15) is 0 Å². The number of hydrogen-bond donors (Lipinski definition) is 2. The van der Waals surface area contributed by atoms with Gasteiger partial charge in [0, 0.05) is 0 Å². The molecule has 156 valence electrons. The Balaban J connectivity index is 2.23. The average molecular weight is 596 g/mol. The molecule has 0 aliphatic carbocycles. The maximum absolute atomic E-state index is 6.61. The third-order valence-corrected chi connectivity index (χ3v) is 10.4. The molecule has 0 bridgehead atoms. The van der Waals surface area contributed by atoms with Gasteiger partial charge >= 0.3 is 185 Å². The van der Waals surface area contributed by atoms with E-state index >= 15 is 0 Å². The van der Waals surface area contributed by atoms with Gasteiger partial charge in [-0.05, 0) is 0 Å². The van der Waals surface area contributed by atoms with Gasteiger partial charge in [-0.1, -0.05) is 0 Å². The van der Waals surface area contributed by atoms with E-state index in [1.807, 2.05) is 0 Å². The predicted molar refractivity (Wildman–Crippen MR) is 118 cm³/mol. The number of rotatable bonds is 7. The van der Waals surface area contributed by atoms with Crippen molar-refractivity contribution in [2.75, 3.05) is 13.1 Å². The molecule has 0 amide bonds. The Labute approximate surface area is 183 Å². The molecule has 4 N–H and O–H groups in total. The summed E-state index contributed by atoms with van der Waals surface area (Å²) in [4.78, 5) is 0. The van der Waals surface area contributed by atoms with Crippen molar-refractivity contribution in [3.05, 3.63) is 68.8 Å². The van der Waals surface area contributed by atoms with Crippen molar-refractivity contribution >= 4 is 19.1 Å². The van der Waals surface area contributed by atoms with Gasteiger partial charge in [-0.25, -0.2) is 0 Å². The molecule has 0 saturated carbocycles. The van der Waals surface area contributed by atoms with Crippen LogP contribution in [0.5, 0.6) is 0 Å². The molecule has 2 aromatic rings. The fourth-order valence-electron chi connectivity index (χ4n) is 4.34. The molecule has 0 radical (unpaired) electrons. The van der Waals surface area contributed by atoms with Crippen LogP contribution in [0.2, 0.25) is 0 Å². The first-order chi connectivity index (χ1) is 13.0. The zero-order valence-corrected chi connectivity index (χ0v) is 21.8. The van der Waals surface area contributed by atoms with Crippen molar-refractivity contribution in [1.29, 1.82) is 0 Å². The van der Waals surface area contributed by atoms with Crippen LogP contribution < -0.4 is 11.5 Å². The fraction of sp³-hybridized carbons (Fsp3) is 0.455. The molecule has 0 aliphatic rings. The zero-order valence-electron chi connectivity index (χ0n) is 17.6. The van der Waals surface area contributed by atoms with Crippen LogP contribution in [0.3, 0.4) is 0 Å². The molecule has 0 spiro atoms. The molecular weight excluding hydrogens is 563 g/mol.